The highest BCUT2D eigenvalue weighted by molar-refractivity contribution is 7.91. The molecule has 1 aliphatic rings. The summed E-state index contributed by atoms with van der Waals surface area (Å²) < 4.78 is 23.2. The summed E-state index contributed by atoms with van der Waals surface area (Å²) in [5.74, 6) is 2.57. The summed E-state index contributed by atoms with van der Waals surface area (Å²) in [4.78, 5) is 10.9. The first kappa shape index (κ1) is 16.7. The van der Waals surface area contributed by atoms with Gasteiger partial charge in [0.05, 0.1) is 11.5 Å². The Hall–Kier alpha value is -2.15. The number of nitrogens with one attached hydrogen (secondary N) is 1. The largest absolute Gasteiger partial charge is 0.366 e. The molecule has 2 heterocycles. The van der Waals surface area contributed by atoms with Crippen LogP contribution in [0.3, 0.4) is 0 Å². The van der Waals surface area contributed by atoms with Gasteiger partial charge in [-0.15, -0.1) is 0 Å². The lowest BCUT2D eigenvalue weighted by Gasteiger charge is -2.20. The van der Waals surface area contributed by atoms with Gasteiger partial charge in [-0.1, -0.05) is 30.3 Å². The lowest BCUT2D eigenvalue weighted by atomic mass is 10.2. The van der Waals surface area contributed by atoms with Crippen molar-refractivity contribution in [2.24, 2.45) is 0 Å². The first-order valence-electron chi connectivity index (χ1n) is 7.99. The van der Waals surface area contributed by atoms with Crippen molar-refractivity contribution in [3.05, 3.63) is 47.8 Å². The van der Waals surface area contributed by atoms with E-state index in [-0.39, 0.29) is 17.5 Å². The molecule has 0 saturated carbocycles. The fourth-order valence-electron chi connectivity index (χ4n) is 2.88. The van der Waals surface area contributed by atoms with E-state index >= 15 is 0 Å². The van der Waals surface area contributed by atoms with Gasteiger partial charge in [-0.2, -0.15) is 0 Å². The van der Waals surface area contributed by atoms with Crippen LogP contribution in [-0.4, -0.2) is 43.0 Å². The molecule has 1 N–H and O–H groups in total. The number of sulfone groups is 1. The van der Waals surface area contributed by atoms with Crippen LogP contribution < -0.4 is 10.2 Å². The van der Waals surface area contributed by atoms with Crippen LogP contribution in [-0.2, 0) is 16.4 Å². The van der Waals surface area contributed by atoms with Crippen molar-refractivity contribution >= 4 is 21.5 Å². The molecule has 0 spiro atoms. The van der Waals surface area contributed by atoms with E-state index in [0.29, 0.717) is 18.1 Å². The zero-order chi connectivity index (χ0) is 17.2. The Morgan fingerprint density at radius 1 is 1.25 bits per heavy atom. The monoisotopic (exact) mass is 346 g/mol. The summed E-state index contributed by atoms with van der Waals surface area (Å²) in [6.07, 6.45) is 0.626. The van der Waals surface area contributed by atoms with Crippen LogP contribution in [0.5, 0.6) is 0 Å². The van der Waals surface area contributed by atoms with E-state index in [9.17, 15) is 8.42 Å². The van der Waals surface area contributed by atoms with Crippen molar-refractivity contribution in [2.75, 3.05) is 28.8 Å². The first-order valence-corrected chi connectivity index (χ1v) is 9.81. The average molecular weight is 346 g/mol. The van der Waals surface area contributed by atoms with Gasteiger partial charge >= 0.3 is 0 Å². The summed E-state index contributed by atoms with van der Waals surface area (Å²) in [6.45, 7) is 2.59. The molecule has 1 fully saturated rings. The van der Waals surface area contributed by atoms with Crippen LogP contribution in [0.4, 0.5) is 11.6 Å². The van der Waals surface area contributed by atoms with Gasteiger partial charge in [0.25, 0.3) is 0 Å². The summed E-state index contributed by atoms with van der Waals surface area (Å²) in [5, 5.41) is 3.24. The molecular weight excluding hydrogens is 324 g/mol. The van der Waals surface area contributed by atoms with Gasteiger partial charge < -0.3 is 10.2 Å². The van der Waals surface area contributed by atoms with Crippen LogP contribution in [0.15, 0.2) is 36.4 Å². The lowest BCUT2D eigenvalue weighted by molar-refractivity contribution is 0.602. The van der Waals surface area contributed by atoms with Gasteiger partial charge in [0.1, 0.15) is 17.5 Å². The minimum Gasteiger partial charge on any atom is -0.366 e. The number of hydrogen-bond donors (Lipinski definition) is 1. The summed E-state index contributed by atoms with van der Waals surface area (Å²) >= 11 is 0. The minimum atomic E-state index is -2.91. The maximum atomic E-state index is 11.6. The van der Waals surface area contributed by atoms with Crippen molar-refractivity contribution in [2.45, 2.75) is 25.9 Å². The van der Waals surface area contributed by atoms with Crippen molar-refractivity contribution < 1.29 is 8.42 Å². The molecule has 24 heavy (non-hydrogen) atoms. The van der Waals surface area contributed by atoms with Gasteiger partial charge in [-0.3, -0.25) is 0 Å². The fraction of sp³-hybridized carbons (Fsp3) is 0.412. The SMILES string of the molecule is Cc1nc(NC2CCS(=O)(=O)C2)cc(N(C)Cc2ccccc2)n1. The second kappa shape index (κ2) is 6.76. The van der Waals surface area contributed by atoms with E-state index < -0.39 is 9.84 Å². The molecule has 0 radical (unpaired) electrons. The maximum absolute atomic E-state index is 11.6. The molecule has 0 bridgehead atoms. The molecule has 1 aromatic heterocycles. The normalized spacial score (nSPS) is 19.2. The fourth-order valence-corrected chi connectivity index (χ4v) is 4.55. The molecule has 1 unspecified atom stereocenters. The van der Waals surface area contributed by atoms with Crippen LogP contribution in [0, 0.1) is 6.92 Å². The van der Waals surface area contributed by atoms with E-state index in [1.165, 1.54) is 5.56 Å². The highest BCUT2D eigenvalue weighted by atomic mass is 32.2. The molecule has 7 heteroatoms. The van der Waals surface area contributed by atoms with Gasteiger partial charge in [-0.25, -0.2) is 18.4 Å². The van der Waals surface area contributed by atoms with Crippen LogP contribution in [0.1, 0.15) is 17.8 Å². The summed E-state index contributed by atoms with van der Waals surface area (Å²) in [6, 6.07) is 12.0. The molecular formula is C17H22N4O2S. The predicted octanol–water partition coefficient (Wildman–Crippen LogP) is 2.02. The standard InChI is InChI=1S/C17H22N4O2S/c1-13-18-16(20-15-8-9-24(22,23)12-15)10-17(19-13)21(2)11-14-6-4-3-5-7-14/h3-7,10,15H,8-9,11-12H2,1-2H3,(H,18,19,20). The summed E-state index contributed by atoms with van der Waals surface area (Å²) in [7, 11) is -0.924. The molecule has 1 atom stereocenters. The number of rotatable bonds is 5. The third-order valence-corrected chi connectivity index (χ3v) is 5.83. The number of nitrogens with zero attached hydrogens (tertiary/aromatic N) is 3. The topological polar surface area (TPSA) is 75.2 Å². The van der Waals surface area contributed by atoms with E-state index in [0.717, 1.165) is 12.4 Å². The predicted molar refractivity (Wildman–Crippen MR) is 96.0 cm³/mol. The van der Waals surface area contributed by atoms with Crippen molar-refractivity contribution in [3.63, 3.8) is 0 Å². The molecule has 1 aliphatic heterocycles. The molecule has 128 valence electrons. The molecule has 1 saturated heterocycles. The number of anilines is 2. The van der Waals surface area contributed by atoms with Crippen molar-refractivity contribution in [3.8, 4) is 0 Å². The number of aryl methyl sites for hydroxylation is 1. The molecule has 1 aromatic carbocycles. The Labute approximate surface area is 142 Å². The quantitative estimate of drug-likeness (QED) is 0.893. The van der Waals surface area contributed by atoms with Gasteiger partial charge in [0, 0.05) is 25.7 Å². The van der Waals surface area contributed by atoms with Gasteiger partial charge in [0.2, 0.25) is 0 Å². The Balaban J connectivity index is 1.74. The maximum Gasteiger partial charge on any atom is 0.152 e. The third kappa shape index (κ3) is 4.23. The number of hydrogen-bond acceptors (Lipinski definition) is 6. The molecule has 0 amide bonds. The van der Waals surface area contributed by atoms with E-state index in [1.807, 2.05) is 38.2 Å². The molecule has 2 aromatic rings. The van der Waals surface area contributed by atoms with Crippen LogP contribution in [0.25, 0.3) is 0 Å². The second-order valence-corrected chi connectivity index (χ2v) is 8.47. The zero-order valence-corrected chi connectivity index (χ0v) is 14.8. The Morgan fingerprint density at radius 2 is 2.00 bits per heavy atom. The average Bonchev–Trinajstić information content (AvgIpc) is 2.86. The van der Waals surface area contributed by atoms with E-state index in [4.69, 9.17) is 0 Å². The smallest absolute Gasteiger partial charge is 0.152 e. The number of benzene rings is 1. The van der Waals surface area contributed by atoms with Crippen molar-refractivity contribution in [1.29, 1.82) is 0 Å². The van der Waals surface area contributed by atoms with Gasteiger partial charge in [-0.05, 0) is 18.9 Å². The molecule has 6 nitrogen and oxygen atoms in total. The van der Waals surface area contributed by atoms with Crippen molar-refractivity contribution in [1.82, 2.24) is 9.97 Å². The van der Waals surface area contributed by atoms with Gasteiger partial charge in [0.15, 0.2) is 9.84 Å². The highest BCUT2D eigenvalue weighted by Gasteiger charge is 2.28. The lowest BCUT2D eigenvalue weighted by Crippen LogP contribution is -2.23. The van der Waals surface area contributed by atoms with E-state index in [2.05, 4.69) is 32.3 Å². The first-order chi connectivity index (χ1) is 11.4. The van der Waals surface area contributed by atoms with Crippen LogP contribution >= 0.6 is 0 Å². The molecule has 3 rings (SSSR count). The third-order valence-electron chi connectivity index (χ3n) is 4.06. The highest BCUT2D eigenvalue weighted by Crippen LogP contribution is 2.20. The second-order valence-electron chi connectivity index (χ2n) is 6.24. The Kier molecular flexibility index (Phi) is 4.71. The minimum absolute atomic E-state index is 0.0726. The Morgan fingerprint density at radius 3 is 2.67 bits per heavy atom. The molecule has 0 aliphatic carbocycles. The summed E-state index contributed by atoms with van der Waals surface area (Å²) in [5.41, 5.74) is 1.20. The van der Waals surface area contributed by atoms with E-state index in [1.54, 1.807) is 0 Å². The van der Waals surface area contributed by atoms with Crippen LogP contribution in [0.2, 0.25) is 0 Å². The number of aromatic nitrogens is 2. The zero-order valence-electron chi connectivity index (χ0n) is 13.9. The Bertz CT molecular complexity index is 809.